The zero-order chi connectivity index (χ0) is 20.9. The number of alkyl halides is 3. The van der Waals surface area contributed by atoms with E-state index >= 15 is 0 Å². The highest BCUT2D eigenvalue weighted by atomic mass is 19.4. The Labute approximate surface area is 161 Å². The molecule has 1 unspecified atom stereocenters. The van der Waals surface area contributed by atoms with Crippen LogP contribution >= 0.6 is 0 Å². The van der Waals surface area contributed by atoms with Crippen LogP contribution in [0.1, 0.15) is 41.3 Å². The predicted molar refractivity (Wildman–Crippen MR) is 102 cm³/mol. The van der Waals surface area contributed by atoms with Gasteiger partial charge in [-0.05, 0) is 49.2 Å². The Morgan fingerprint density at radius 3 is 2.46 bits per heavy atom. The van der Waals surface area contributed by atoms with Crippen molar-refractivity contribution in [2.24, 2.45) is 5.73 Å². The van der Waals surface area contributed by atoms with Crippen LogP contribution in [0.15, 0.2) is 42.5 Å². The van der Waals surface area contributed by atoms with E-state index in [9.17, 15) is 22.8 Å². The van der Waals surface area contributed by atoms with E-state index in [1.165, 1.54) is 24.3 Å². The summed E-state index contributed by atoms with van der Waals surface area (Å²) in [6.45, 7) is 3.67. The molecule has 0 aliphatic heterocycles. The lowest BCUT2D eigenvalue weighted by atomic mass is 10.1. The number of anilines is 2. The van der Waals surface area contributed by atoms with Gasteiger partial charge in [0.2, 0.25) is 5.91 Å². The molecule has 0 aliphatic carbocycles. The number of rotatable bonds is 6. The minimum absolute atomic E-state index is 0.0240. The first-order chi connectivity index (χ1) is 13.1. The molecule has 4 N–H and O–H groups in total. The number of carbonyl (C=O) groups is 2. The number of aryl methyl sites for hydroxylation is 1. The first-order valence-corrected chi connectivity index (χ1v) is 8.77. The van der Waals surface area contributed by atoms with Gasteiger partial charge in [-0.3, -0.25) is 9.59 Å². The van der Waals surface area contributed by atoms with Crippen molar-refractivity contribution >= 4 is 23.2 Å². The summed E-state index contributed by atoms with van der Waals surface area (Å²) in [5, 5.41) is 5.13. The largest absolute Gasteiger partial charge is 0.416 e. The molecule has 0 heterocycles. The first kappa shape index (κ1) is 21.4. The molecule has 0 aliphatic rings. The Morgan fingerprint density at radius 2 is 1.82 bits per heavy atom. The molecule has 5 nitrogen and oxygen atoms in total. The normalized spacial score (nSPS) is 12.4. The smallest absolute Gasteiger partial charge is 0.324 e. The summed E-state index contributed by atoms with van der Waals surface area (Å²) in [6, 6.07) is 8.35. The molecule has 2 aromatic carbocycles. The fourth-order valence-corrected chi connectivity index (χ4v) is 2.54. The van der Waals surface area contributed by atoms with Crippen molar-refractivity contribution in [1.29, 1.82) is 0 Å². The Balaban J connectivity index is 2.17. The lowest BCUT2D eigenvalue weighted by Crippen LogP contribution is -2.35. The Hall–Kier alpha value is -2.87. The average molecular weight is 393 g/mol. The maximum absolute atomic E-state index is 12.8. The SMILES string of the molecule is CCCC(N)C(=O)Nc1cc(C(=O)Nc2cccc(C(F)(F)F)c2)ccc1C. The van der Waals surface area contributed by atoms with Gasteiger partial charge in [0, 0.05) is 16.9 Å². The summed E-state index contributed by atoms with van der Waals surface area (Å²) in [7, 11) is 0. The molecule has 0 fully saturated rings. The van der Waals surface area contributed by atoms with Crippen LogP contribution in [0, 0.1) is 6.92 Å². The van der Waals surface area contributed by atoms with Gasteiger partial charge < -0.3 is 16.4 Å². The third-order valence-electron chi connectivity index (χ3n) is 4.14. The molecule has 28 heavy (non-hydrogen) atoms. The van der Waals surface area contributed by atoms with E-state index in [0.29, 0.717) is 12.1 Å². The molecule has 2 amide bonds. The van der Waals surface area contributed by atoms with Gasteiger partial charge in [0.05, 0.1) is 11.6 Å². The molecule has 0 bridgehead atoms. The number of amides is 2. The summed E-state index contributed by atoms with van der Waals surface area (Å²) >= 11 is 0. The number of hydrogen-bond donors (Lipinski definition) is 3. The zero-order valence-corrected chi connectivity index (χ0v) is 15.6. The molecule has 150 valence electrons. The number of hydrogen-bond acceptors (Lipinski definition) is 3. The molecular formula is C20H22F3N3O2. The minimum atomic E-state index is -4.50. The summed E-state index contributed by atoms with van der Waals surface area (Å²) in [4.78, 5) is 24.5. The second-order valence-electron chi connectivity index (χ2n) is 6.45. The van der Waals surface area contributed by atoms with Crippen LogP contribution in [0.5, 0.6) is 0 Å². The van der Waals surface area contributed by atoms with E-state index < -0.39 is 23.7 Å². The van der Waals surface area contributed by atoms with Gasteiger partial charge in [-0.25, -0.2) is 0 Å². The number of carbonyl (C=O) groups excluding carboxylic acids is 2. The number of nitrogens with two attached hydrogens (primary N) is 1. The summed E-state index contributed by atoms with van der Waals surface area (Å²) in [6.07, 6.45) is -3.22. The van der Waals surface area contributed by atoms with E-state index in [4.69, 9.17) is 5.73 Å². The second kappa shape index (κ2) is 8.88. The zero-order valence-electron chi connectivity index (χ0n) is 15.6. The quantitative estimate of drug-likeness (QED) is 0.683. The molecule has 2 rings (SSSR count). The van der Waals surface area contributed by atoms with Crippen LogP contribution in [0.25, 0.3) is 0 Å². The molecule has 1 atom stereocenters. The number of nitrogens with one attached hydrogen (secondary N) is 2. The fourth-order valence-electron chi connectivity index (χ4n) is 2.54. The van der Waals surface area contributed by atoms with E-state index in [1.54, 1.807) is 13.0 Å². The van der Waals surface area contributed by atoms with Crippen LogP contribution < -0.4 is 16.4 Å². The molecule has 8 heteroatoms. The monoisotopic (exact) mass is 393 g/mol. The second-order valence-corrected chi connectivity index (χ2v) is 6.45. The lowest BCUT2D eigenvalue weighted by Gasteiger charge is -2.14. The highest BCUT2D eigenvalue weighted by Crippen LogP contribution is 2.30. The number of halogens is 3. The predicted octanol–water partition coefficient (Wildman–Crippen LogP) is 4.33. The van der Waals surface area contributed by atoms with Gasteiger partial charge in [-0.1, -0.05) is 25.5 Å². The topological polar surface area (TPSA) is 84.2 Å². The Bertz CT molecular complexity index is 866. The van der Waals surface area contributed by atoms with Crippen molar-refractivity contribution in [1.82, 2.24) is 0 Å². The minimum Gasteiger partial charge on any atom is -0.324 e. The summed E-state index contributed by atoms with van der Waals surface area (Å²) in [5.74, 6) is -0.951. The summed E-state index contributed by atoms with van der Waals surface area (Å²) < 4.78 is 38.4. The molecule has 0 saturated carbocycles. The highest BCUT2D eigenvalue weighted by Gasteiger charge is 2.30. The third-order valence-corrected chi connectivity index (χ3v) is 4.14. The van der Waals surface area contributed by atoms with E-state index in [2.05, 4.69) is 10.6 Å². The van der Waals surface area contributed by atoms with E-state index in [0.717, 1.165) is 24.1 Å². The van der Waals surface area contributed by atoms with Crippen molar-refractivity contribution in [3.63, 3.8) is 0 Å². The molecular weight excluding hydrogens is 371 g/mol. The lowest BCUT2D eigenvalue weighted by molar-refractivity contribution is -0.137. The van der Waals surface area contributed by atoms with Gasteiger partial charge >= 0.3 is 6.18 Å². The van der Waals surface area contributed by atoms with Gasteiger partial charge in [0.15, 0.2) is 0 Å². The maximum atomic E-state index is 12.8. The third kappa shape index (κ3) is 5.56. The Kier molecular flexibility index (Phi) is 6.80. The van der Waals surface area contributed by atoms with Crippen LogP contribution in [0.3, 0.4) is 0 Å². The standard InChI is InChI=1S/C20H22F3N3O2/c1-3-5-16(24)19(28)26-17-10-13(9-8-12(17)2)18(27)25-15-7-4-6-14(11-15)20(21,22)23/h4,6-11,16H,3,5,24H2,1-2H3,(H,25,27)(H,26,28). The van der Waals surface area contributed by atoms with Crippen molar-refractivity contribution in [3.8, 4) is 0 Å². The van der Waals surface area contributed by atoms with Gasteiger partial charge in [-0.15, -0.1) is 0 Å². The van der Waals surface area contributed by atoms with Crippen molar-refractivity contribution in [2.45, 2.75) is 38.9 Å². The molecule has 0 aromatic heterocycles. The highest BCUT2D eigenvalue weighted by molar-refractivity contribution is 6.05. The molecule has 0 saturated heterocycles. The summed E-state index contributed by atoms with van der Waals surface area (Å²) in [5.41, 5.74) is 6.31. The van der Waals surface area contributed by atoms with Crippen molar-refractivity contribution in [3.05, 3.63) is 59.2 Å². The van der Waals surface area contributed by atoms with E-state index in [-0.39, 0.29) is 17.2 Å². The molecule has 0 spiro atoms. The van der Waals surface area contributed by atoms with Crippen molar-refractivity contribution < 1.29 is 22.8 Å². The Morgan fingerprint density at radius 1 is 1.11 bits per heavy atom. The molecule has 0 radical (unpaired) electrons. The number of benzene rings is 2. The van der Waals surface area contributed by atoms with Gasteiger partial charge in [-0.2, -0.15) is 13.2 Å². The first-order valence-electron chi connectivity index (χ1n) is 8.77. The fraction of sp³-hybridized carbons (Fsp3) is 0.300. The van der Waals surface area contributed by atoms with Gasteiger partial charge in [0.1, 0.15) is 0 Å². The molecule has 2 aromatic rings. The average Bonchev–Trinajstić information content (AvgIpc) is 2.63. The van der Waals surface area contributed by atoms with E-state index in [1.807, 2.05) is 6.92 Å². The van der Waals surface area contributed by atoms with Crippen LogP contribution in [-0.2, 0) is 11.0 Å². The van der Waals surface area contributed by atoms with Gasteiger partial charge in [0.25, 0.3) is 5.91 Å². The van der Waals surface area contributed by atoms with Crippen molar-refractivity contribution in [2.75, 3.05) is 10.6 Å². The van der Waals surface area contributed by atoms with Crippen LogP contribution in [0.4, 0.5) is 24.5 Å². The van der Waals surface area contributed by atoms with Crippen LogP contribution in [-0.4, -0.2) is 17.9 Å². The van der Waals surface area contributed by atoms with Crippen LogP contribution in [0.2, 0.25) is 0 Å². The maximum Gasteiger partial charge on any atom is 0.416 e.